The number of nitrogens with one attached hydrogen (secondary N) is 1. The molecule has 1 amide bonds. The summed E-state index contributed by atoms with van der Waals surface area (Å²) in [5.74, 6) is -1.89. The van der Waals surface area contributed by atoms with Gasteiger partial charge in [0.05, 0.1) is 12.2 Å². The van der Waals surface area contributed by atoms with Gasteiger partial charge in [0.2, 0.25) is 0 Å². The molecule has 1 saturated heterocycles. The highest BCUT2D eigenvalue weighted by molar-refractivity contribution is 6.01. The maximum absolute atomic E-state index is 12.8. The molecule has 0 saturated carbocycles. The Morgan fingerprint density at radius 3 is 2.60 bits per heavy atom. The molecule has 0 spiro atoms. The zero-order valence-electron chi connectivity index (χ0n) is 13.2. The Morgan fingerprint density at radius 1 is 1.32 bits per heavy atom. The van der Waals surface area contributed by atoms with Crippen LogP contribution >= 0.6 is 0 Å². The summed E-state index contributed by atoms with van der Waals surface area (Å²) in [6.07, 6.45) is -4.36. The summed E-state index contributed by atoms with van der Waals surface area (Å²) in [6.45, 7) is 0.0485. The van der Waals surface area contributed by atoms with Gasteiger partial charge in [-0.15, -0.1) is 0 Å². The third-order valence-electron chi connectivity index (χ3n) is 4.39. The van der Waals surface area contributed by atoms with E-state index >= 15 is 0 Å². The zero-order chi connectivity index (χ0) is 18.4. The molecule has 0 radical (unpaired) electrons. The number of rotatable bonds is 3. The number of carbonyl (C=O) groups is 2. The zero-order valence-corrected chi connectivity index (χ0v) is 13.2. The van der Waals surface area contributed by atoms with Crippen molar-refractivity contribution in [3.8, 4) is 0 Å². The van der Waals surface area contributed by atoms with Gasteiger partial charge in [-0.25, -0.2) is 4.79 Å². The van der Waals surface area contributed by atoms with E-state index in [2.05, 4.69) is 5.32 Å². The first-order chi connectivity index (χ1) is 11.6. The van der Waals surface area contributed by atoms with Crippen molar-refractivity contribution in [2.75, 3.05) is 13.2 Å². The van der Waals surface area contributed by atoms with Crippen molar-refractivity contribution in [3.63, 3.8) is 0 Å². The lowest BCUT2D eigenvalue weighted by Gasteiger charge is -2.23. The molecule has 1 aromatic heterocycles. The normalized spacial score (nSPS) is 20.8. The Morgan fingerprint density at radius 2 is 2.04 bits per heavy atom. The fourth-order valence-electron chi connectivity index (χ4n) is 2.91. The summed E-state index contributed by atoms with van der Waals surface area (Å²) in [6, 6.07) is 4.48. The summed E-state index contributed by atoms with van der Waals surface area (Å²) in [5, 5.41) is 12.1. The lowest BCUT2D eigenvalue weighted by Crippen LogP contribution is -2.55. The summed E-state index contributed by atoms with van der Waals surface area (Å²) in [5.41, 5.74) is -1.83. The van der Waals surface area contributed by atoms with Crippen LogP contribution in [0, 0.1) is 0 Å². The van der Waals surface area contributed by atoms with Gasteiger partial charge in [0.25, 0.3) is 5.91 Å². The van der Waals surface area contributed by atoms with Gasteiger partial charge in [-0.3, -0.25) is 4.79 Å². The van der Waals surface area contributed by atoms with Crippen LogP contribution in [0.3, 0.4) is 0 Å². The lowest BCUT2D eigenvalue weighted by atomic mass is 9.99. The smallest absolute Gasteiger partial charge is 0.416 e. The number of amides is 1. The molecule has 3 rings (SSSR count). The van der Waals surface area contributed by atoms with E-state index in [1.54, 1.807) is 0 Å². The molecule has 2 heterocycles. The van der Waals surface area contributed by atoms with E-state index in [-0.39, 0.29) is 30.7 Å². The first-order valence-corrected chi connectivity index (χ1v) is 7.44. The van der Waals surface area contributed by atoms with Crippen molar-refractivity contribution in [3.05, 3.63) is 35.5 Å². The molecule has 1 unspecified atom stereocenters. The fourth-order valence-corrected chi connectivity index (χ4v) is 2.91. The van der Waals surface area contributed by atoms with Gasteiger partial charge in [0.15, 0.2) is 5.54 Å². The Bertz CT molecular complexity index is 851. The van der Waals surface area contributed by atoms with Crippen LogP contribution in [0.25, 0.3) is 10.9 Å². The standard InChI is InChI=1S/C16H15F3N2O4/c1-21-11-3-2-10(16(17,18)19)6-9(11)7-12(21)13(22)20-15(14(23)24)4-5-25-8-15/h2-3,6-7H,4-5,8H2,1H3,(H,20,22)(H,23,24). The number of carboxylic acids is 1. The van der Waals surface area contributed by atoms with Crippen LogP contribution in [0.1, 0.15) is 22.5 Å². The van der Waals surface area contributed by atoms with Crippen LogP contribution in [0.2, 0.25) is 0 Å². The van der Waals surface area contributed by atoms with E-state index in [1.165, 1.54) is 23.7 Å². The third kappa shape index (κ3) is 2.95. The second-order valence-electron chi connectivity index (χ2n) is 6.00. The molecule has 2 N–H and O–H groups in total. The number of benzene rings is 1. The van der Waals surface area contributed by atoms with E-state index in [0.29, 0.717) is 5.52 Å². The molecule has 2 aromatic rings. The third-order valence-corrected chi connectivity index (χ3v) is 4.39. The van der Waals surface area contributed by atoms with Crippen LogP contribution in [0.4, 0.5) is 13.2 Å². The summed E-state index contributed by atoms with van der Waals surface area (Å²) < 4.78 is 45.0. The summed E-state index contributed by atoms with van der Waals surface area (Å²) in [4.78, 5) is 24.0. The van der Waals surface area contributed by atoms with Crippen molar-refractivity contribution in [1.82, 2.24) is 9.88 Å². The number of aromatic nitrogens is 1. The minimum Gasteiger partial charge on any atom is -0.479 e. The Kier molecular flexibility index (Phi) is 3.98. The molecule has 0 bridgehead atoms. The Hall–Kier alpha value is -2.55. The largest absolute Gasteiger partial charge is 0.479 e. The maximum Gasteiger partial charge on any atom is 0.416 e. The topological polar surface area (TPSA) is 80.6 Å². The number of carbonyl (C=O) groups excluding carboxylic acids is 1. The van der Waals surface area contributed by atoms with Gasteiger partial charge >= 0.3 is 12.1 Å². The van der Waals surface area contributed by atoms with Crippen molar-refractivity contribution in [1.29, 1.82) is 0 Å². The number of aryl methyl sites for hydroxylation is 1. The van der Waals surface area contributed by atoms with E-state index in [9.17, 15) is 27.9 Å². The minimum absolute atomic E-state index is 0.0712. The SMILES string of the molecule is Cn1c(C(=O)NC2(C(=O)O)CCOC2)cc2cc(C(F)(F)F)ccc21. The van der Waals surface area contributed by atoms with Crippen molar-refractivity contribution < 1.29 is 32.6 Å². The van der Waals surface area contributed by atoms with Crippen LogP contribution < -0.4 is 5.32 Å². The van der Waals surface area contributed by atoms with Gasteiger partial charge < -0.3 is 19.7 Å². The van der Waals surface area contributed by atoms with Crippen molar-refractivity contribution in [2.24, 2.45) is 7.05 Å². The minimum atomic E-state index is -4.49. The maximum atomic E-state index is 12.8. The summed E-state index contributed by atoms with van der Waals surface area (Å²) >= 11 is 0. The molecule has 134 valence electrons. The van der Waals surface area contributed by atoms with Crippen molar-refractivity contribution in [2.45, 2.75) is 18.1 Å². The number of halogens is 3. The first kappa shape index (κ1) is 17.3. The number of hydrogen-bond acceptors (Lipinski definition) is 3. The number of fused-ring (bicyclic) bond motifs is 1. The molecule has 0 aliphatic carbocycles. The second-order valence-corrected chi connectivity index (χ2v) is 6.00. The van der Waals surface area contributed by atoms with E-state index in [4.69, 9.17) is 4.74 Å². The number of carboxylic acid groups (broad SMARTS) is 1. The van der Waals surface area contributed by atoms with Crippen molar-refractivity contribution >= 4 is 22.8 Å². The van der Waals surface area contributed by atoms with Crippen LogP contribution in [0.15, 0.2) is 24.3 Å². The molecular weight excluding hydrogens is 341 g/mol. The van der Waals surface area contributed by atoms with Gasteiger partial charge in [-0.05, 0) is 24.3 Å². The number of hydrogen-bond donors (Lipinski definition) is 2. The number of alkyl halides is 3. The highest BCUT2D eigenvalue weighted by atomic mass is 19.4. The van der Waals surface area contributed by atoms with Gasteiger partial charge in [-0.1, -0.05) is 0 Å². The first-order valence-electron chi connectivity index (χ1n) is 7.44. The highest BCUT2D eigenvalue weighted by Crippen LogP contribution is 2.32. The average Bonchev–Trinajstić information content (AvgIpc) is 3.12. The van der Waals surface area contributed by atoms with E-state index in [0.717, 1.165) is 12.1 Å². The molecule has 1 aliphatic heterocycles. The summed E-state index contributed by atoms with van der Waals surface area (Å²) in [7, 11) is 1.53. The van der Waals surface area contributed by atoms with E-state index < -0.39 is 29.2 Å². The molecule has 1 aromatic carbocycles. The quantitative estimate of drug-likeness (QED) is 0.883. The van der Waals surface area contributed by atoms with Crippen LogP contribution in [-0.2, 0) is 22.8 Å². The van der Waals surface area contributed by atoms with Gasteiger partial charge in [0, 0.05) is 31.0 Å². The second kappa shape index (κ2) is 5.76. The number of ether oxygens (including phenoxy) is 1. The van der Waals surface area contributed by atoms with E-state index in [1.807, 2.05) is 0 Å². The molecule has 9 heteroatoms. The van der Waals surface area contributed by atoms with Crippen LogP contribution in [-0.4, -0.2) is 40.3 Å². The number of aliphatic carboxylic acids is 1. The van der Waals surface area contributed by atoms with Crippen LogP contribution in [0.5, 0.6) is 0 Å². The van der Waals surface area contributed by atoms with Gasteiger partial charge in [0.1, 0.15) is 5.69 Å². The lowest BCUT2D eigenvalue weighted by molar-refractivity contribution is -0.144. The average molecular weight is 356 g/mol. The van der Waals surface area contributed by atoms with Gasteiger partial charge in [-0.2, -0.15) is 13.2 Å². The monoisotopic (exact) mass is 356 g/mol. The molecule has 1 fully saturated rings. The fraction of sp³-hybridized carbons (Fsp3) is 0.375. The Labute approximate surface area is 140 Å². The molecule has 1 atom stereocenters. The molecule has 25 heavy (non-hydrogen) atoms. The Balaban J connectivity index is 1.96. The predicted octanol–water partition coefficient (Wildman–Crippen LogP) is 2.17. The number of nitrogens with zero attached hydrogens (tertiary/aromatic N) is 1. The highest BCUT2D eigenvalue weighted by Gasteiger charge is 2.44. The molecular formula is C16H15F3N2O4. The molecule has 6 nitrogen and oxygen atoms in total. The molecule has 1 aliphatic rings. The predicted molar refractivity (Wildman–Crippen MR) is 81.2 cm³/mol.